The lowest BCUT2D eigenvalue weighted by molar-refractivity contribution is 0.442. The maximum Gasteiger partial charge on any atom is 0.227 e. The molecule has 2 aromatic rings. The molecule has 0 saturated heterocycles. The van der Waals surface area contributed by atoms with Crippen LogP contribution in [0.5, 0.6) is 11.6 Å². The van der Waals surface area contributed by atoms with Crippen LogP contribution in [0.15, 0.2) is 24.5 Å². The van der Waals surface area contributed by atoms with Crippen LogP contribution < -0.4 is 10.1 Å². The maximum atomic E-state index is 13.1. The van der Waals surface area contributed by atoms with Gasteiger partial charge in [0.05, 0.1) is 5.56 Å². The van der Waals surface area contributed by atoms with E-state index in [1.165, 1.54) is 12.4 Å². The van der Waals surface area contributed by atoms with Crippen molar-refractivity contribution in [2.24, 2.45) is 0 Å². The number of rotatable bonds is 4. The monoisotopic (exact) mass is 265 g/mol. The van der Waals surface area contributed by atoms with Gasteiger partial charge in [0.1, 0.15) is 17.9 Å². The van der Waals surface area contributed by atoms with E-state index in [-0.39, 0.29) is 5.75 Å². The summed E-state index contributed by atoms with van der Waals surface area (Å²) in [7, 11) is 1.74. The number of halogens is 2. The second-order valence-corrected chi connectivity index (χ2v) is 3.79. The van der Waals surface area contributed by atoms with Crippen LogP contribution in [0, 0.1) is 11.6 Å². The molecule has 0 aliphatic rings. The first-order chi connectivity index (χ1) is 9.15. The zero-order valence-corrected chi connectivity index (χ0v) is 10.6. The summed E-state index contributed by atoms with van der Waals surface area (Å²) in [6.45, 7) is 1.93. The Morgan fingerprint density at radius 1 is 1.21 bits per heavy atom. The van der Waals surface area contributed by atoms with Crippen molar-refractivity contribution in [3.8, 4) is 11.6 Å². The molecule has 0 spiro atoms. The fraction of sp³-hybridized carbons (Fsp3) is 0.231. The molecule has 0 amide bonds. The summed E-state index contributed by atoms with van der Waals surface area (Å²) < 4.78 is 31.4. The number of nitrogens with one attached hydrogen (secondary N) is 1. The van der Waals surface area contributed by atoms with Crippen molar-refractivity contribution in [2.45, 2.75) is 13.3 Å². The molecule has 1 N–H and O–H groups in total. The van der Waals surface area contributed by atoms with Crippen LogP contribution in [0.3, 0.4) is 0 Å². The first-order valence-electron chi connectivity index (χ1n) is 5.80. The normalized spacial score (nSPS) is 10.3. The average Bonchev–Trinajstić information content (AvgIpc) is 2.42. The van der Waals surface area contributed by atoms with E-state index in [0.29, 0.717) is 18.1 Å². The lowest BCUT2D eigenvalue weighted by atomic mass is 10.2. The molecule has 0 unspecified atom stereocenters. The van der Waals surface area contributed by atoms with E-state index in [1.54, 1.807) is 7.05 Å². The second kappa shape index (κ2) is 5.60. The molecule has 1 aromatic heterocycles. The summed E-state index contributed by atoms with van der Waals surface area (Å²) in [5.74, 6) is -0.711. The van der Waals surface area contributed by atoms with Crippen LogP contribution >= 0.6 is 0 Å². The summed E-state index contributed by atoms with van der Waals surface area (Å²) in [6, 6.07) is 3.34. The molecular weight excluding hydrogens is 252 g/mol. The fourth-order valence-electron chi connectivity index (χ4n) is 1.67. The van der Waals surface area contributed by atoms with Crippen LogP contribution in [-0.4, -0.2) is 17.0 Å². The highest BCUT2D eigenvalue weighted by atomic mass is 19.2. The van der Waals surface area contributed by atoms with Crippen molar-refractivity contribution in [3.63, 3.8) is 0 Å². The van der Waals surface area contributed by atoms with Gasteiger partial charge < -0.3 is 10.1 Å². The van der Waals surface area contributed by atoms with Gasteiger partial charge in [0.2, 0.25) is 5.88 Å². The summed E-state index contributed by atoms with van der Waals surface area (Å²) in [4.78, 5) is 8.08. The Morgan fingerprint density at radius 3 is 2.63 bits per heavy atom. The molecule has 4 nitrogen and oxygen atoms in total. The fourth-order valence-corrected chi connectivity index (χ4v) is 1.67. The summed E-state index contributed by atoms with van der Waals surface area (Å²) in [6.07, 6.45) is 2.00. The zero-order chi connectivity index (χ0) is 13.8. The zero-order valence-electron chi connectivity index (χ0n) is 10.6. The number of anilines is 1. The number of ether oxygens (including phenoxy) is 1. The van der Waals surface area contributed by atoms with Gasteiger partial charge in [-0.15, -0.1) is 0 Å². The lowest BCUT2D eigenvalue weighted by Crippen LogP contribution is -2.02. The van der Waals surface area contributed by atoms with Crippen molar-refractivity contribution in [1.82, 2.24) is 9.97 Å². The van der Waals surface area contributed by atoms with Gasteiger partial charge in [-0.05, 0) is 18.6 Å². The Hall–Kier alpha value is -2.24. The molecule has 1 heterocycles. The summed E-state index contributed by atoms with van der Waals surface area (Å²) in [5, 5.41) is 2.93. The molecule has 19 heavy (non-hydrogen) atoms. The van der Waals surface area contributed by atoms with E-state index in [0.717, 1.165) is 17.7 Å². The highest BCUT2D eigenvalue weighted by Gasteiger charge is 2.12. The minimum atomic E-state index is -0.960. The first-order valence-corrected chi connectivity index (χ1v) is 5.80. The largest absolute Gasteiger partial charge is 0.438 e. The van der Waals surface area contributed by atoms with Crippen molar-refractivity contribution in [3.05, 3.63) is 41.7 Å². The molecular formula is C13H13F2N3O. The number of benzene rings is 1. The van der Waals surface area contributed by atoms with E-state index in [4.69, 9.17) is 4.74 Å². The van der Waals surface area contributed by atoms with Gasteiger partial charge in [-0.25, -0.2) is 18.7 Å². The number of nitrogens with zero attached hydrogens (tertiary/aromatic N) is 2. The van der Waals surface area contributed by atoms with Gasteiger partial charge in [-0.3, -0.25) is 0 Å². The van der Waals surface area contributed by atoms with E-state index < -0.39 is 11.6 Å². The third kappa shape index (κ3) is 2.78. The molecule has 100 valence electrons. The topological polar surface area (TPSA) is 47.0 Å². The van der Waals surface area contributed by atoms with Gasteiger partial charge in [-0.1, -0.05) is 6.92 Å². The molecule has 0 fully saturated rings. The smallest absolute Gasteiger partial charge is 0.227 e. The van der Waals surface area contributed by atoms with Crippen LogP contribution in [0.2, 0.25) is 0 Å². The molecule has 0 aliphatic heterocycles. The SMILES string of the molecule is CCc1c(NC)ncnc1Oc1ccc(F)c(F)c1. The van der Waals surface area contributed by atoms with Crippen LogP contribution in [0.1, 0.15) is 12.5 Å². The standard InChI is InChI=1S/C13H13F2N3O/c1-3-9-12(16-2)17-7-18-13(9)19-8-4-5-10(14)11(15)6-8/h4-7H,3H2,1-2H3,(H,16,17,18). The first kappa shape index (κ1) is 13.2. The third-order valence-corrected chi connectivity index (χ3v) is 2.60. The third-order valence-electron chi connectivity index (χ3n) is 2.60. The van der Waals surface area contributed by atoms with E-state index in [1.807, 2.05) is 6.92 Å². The molecule has 6 heteroatoms. The van der Waals surface area contributed by atoms with E-state index in [9.17, 15) is 8.78 Å². The summed E-state index contributed by atoms with van der Waals surface area (Å²) >= 11 is 0. The predicted molar refractivity (Wildman–Crippen MR) is 67.4 cm³/mol. The van der Waals surface area contributed by atoms with Crippen molar-refractivity contribution >= 4 is 5.82 Å². The van der Waals surface area contributed by atoms with Crippen molar-refractivity contribution < 1.29 is 13.5 Å². The Bertz CT molecular complexity index is 590. The van der Waals surface area contributed by atoms with E-state index >= 15 is 0 Å². The van der Waals surface area contributed by atoms with Gasteiger partial charge in [0, 0.05) is 13.1 Å². The predicted octanol–water partition coefficient (Wildman–Crippen LogP) is 3.15. The quantitative estimate of drug-likeness (QED) is 0.922. The Labute approximate surface area is 109 Å². The van der Waals surface area contributed by atoms with E-state index in [2.05, 4.69) is 15.3 Å². The molecule has 2 rings (SSSR count). The molecule has 0 aliphatic carbocycles. The van der Waals surface area contributed by atoms with Gasteiger partial charge in [0.25, 0.3) is 0 Å². The van der Waals surface area contributed by atoms with Crippen LogP contribution in [0.4, 0.5) is 14.6 Å². The lowest BCUT2D eigenvalue weighted by Gasteiger charge is -2.11. The number of hydrogen-bond acceptors (Lipinski definition) is 4. The molecule has 0 saturated carbocycles. The molecule has 0 atom stereocenters. The molecule has 0 radical (unpaired) electrons. The maximum absolute atomic E-state index is 13.1. The minimum absolute atomic E-state index is 0.189. The Morgan fingerprint density at radius 2 is 2.00 bits per heavy atom. The van der Waals surface area contributed by atoms with Crippen LogP contribution in [-0.2, 0) is 6.42 Å². The van der Waals surface area contributed by atoms with Crippen LogP contribution in [0.25, 0.3) is 0 Å². The van der Waals surface area contributed by atoms with Gasteiger partial charge in [0.15, 0.2) is 11.6 Å². The van der Waals surface area contributed by atoms with Gasteiger partial charge in [-0.2, -0.15) is 0 Å². The highest BCUT2D eigenvalue weighted by Crippen LogP contribution is 2.27. The van der Waals surface area contributed by atoms with Crippen molar-refractivity contribution in [2.75, 3.05) is 12.4 Å². The Kier molecular flexibility index (Phi) is 3.89. The Balaban J connectivity index is 2.35. The summed E-state index contributed by atoms with van der Waals surface area (Å²) in [5.41, 5.74) is 0.773. The highest BCUT2D eigenvalue weighted by molar-refractivity contribution is 5.49. The number of aromatic nitrogens is 2. The molecule has 0 bridgehead atoms. The van der Waals surface area contributed by atoms with Crippen molar-refractivity contribution in [1.29, 1.82) is 0 Å². The number of hydrogen-bond donors (Lipinski definition) is 1. The van der Waals surface area contributed by atoms with Gasteiger partial charge >= 0.3 is 0 Å². The second-order valence-electron chi connectivity index (χ2n) is 3.79. The minimum Gasteiger partial charge on any atom is -0.438 e. The molecule has 1 aromatic carbocycles. The average molecular weight is 265 g/mol.